The van der Waals surface area contributed by atoms with Gasteiger partial charge in [0.1, 0.15) is 0 Å². The van der Waals surface area contributed by atoms with Gasteiger partial charge < -0.3 is 0 Å². The van der Waals surface area contributed by atoms with E-state index in [1.54, 1.807) is 11.3 Å². The zero-order valence-electron chi connectivity index (χ0n) is 7.08. The lowest BCUT2D eigenvalue weighted by atomic mass is 10.2. The summed E-state index contributed by atoms with van der Waals surface area (Å²) in [7, 11) is 0. The minimum Gasteiger partial charge on any atom is -0.242 e. The van der Waals surface area contributed by atoms with Gasteiger partial charge in [0.25, 0.3) is 0 Å². The van der Waals surface area contributed by atoms with Gasteiger partial charge in [0.05, 0.1) is 14.9 Å². The van der Waals surface area contributed by atoms with E-state index in [0.717, 1.165) is 23.2 Å². The highest BCUT2D eigenvalue weighted by Crippen LogP contribution is 1.97. The summed E-state index contributed by atoms with van der Waals surface area (Å²) in [6.07, 6.45) is 10.9. The first-order chi connectivity index (χ1) is 5.86. The zero-order valence-corrected chi connectivity index (χ0v) is 7.90. The van der Waals surface area contributed by atoms with Gasteiger partial charge in [-0.25, -0.2) is 4.98 Å². The highest BCUT2D eigenvalue weighted by molar-refractivity contribution is 7.09. The topological polar surface area (TPSA) is 12.9 Å². The van der Waals surface area contributed by atoms with Crippen molar-refractivity contribution >= 4 is 23.5 Å². The molecule has 0 radical (unpaired) electrons. The van der Waals surface area contributed by atoms with Crippen molar-refractivity contribution in [2.24, 2.45) is 0 Å². The summed E-state index contributed by atoms with van der Waals surface area (Å²) in [4.78, 5) is 4.43. The number of thiazole rings is 1. The number of aromatic nitrogens is 1. The van der Waals surface area contributed by atoms with Crippen molar-refractivity contribution in [1.82, 2.24) is 4.98 Å². The summed E-state index contributed by atoms with van der Waals surface area (Å²) in [5.41, 5.74) is 0. The quantitative estimate of drug-likeness (QED) is 0.583. The lowest BCUT2D eigenvalue weighted by Gasteiger charge is -1.87. The van der Waals surface area contributed by atoms with E-state index < -0.39 is 0 Å². The van der Waals surface area contributed by atoms with Crippen molar-refractivity contribution in [3.8, 4) is 0 Å². The molecule has 1 aliphatic rings. The van der Waals surface area contributed by atoms with Crippen LogP contribution in [0.25, 0.3) is 12.2 Å². The Labute approximate surface area is 75.8 Å². The Morgan fingerprint density at radius 3 is 3.25 bits per heavy atom. The van der Waals surface area contributed by atoms with Gasteiger partial charge in [0.15, 0.2) is 0 Å². The maximum absolute atomic E-state index is 4.43. The molecule has 0 fully saturated rings. The monoisotopic (exact) mass is 177 g/mol. The molecule has 0 spiro atoms. The lowest BCUT2D eigenvalue weighted by molar-refractivity contribution is 1.09. The number of nitrogens with zero attached hydrogens (tertiary/aromatic N) is 1. The second-order valence-electron chi connectivity index (χ2n) is 2.86. The molecule has 1 aliphatic carbocycles. The Balaban J connectivity index is 2.70. The predicted octanol–water partition coefficient (Wildman–Crippen LogP) is 1.36. The standard InChI is InChI=1S/C10H11NS/c1-8-11-9-6-4-2-3-5-7-10(9)12-8/h2,4,6-7H,3,5H2,1H3. The van der Waals surface area contributed by atoms with Gasteiger partial charge in [0.2, 0.25) is 0 Å². The van der Waals surface area contributed by atoms with Gasteiger partial charge in [-0.2, -0.15) is 0 Å². The molecule has 0 saturated carbocycles. The third-order valence-corrected chi connectivity index (χ3v) is 2.82. The second-order valence-corrected chi connectivity index (χ2v) is 4.09. The zero-order chi connectivity index (χ0) is 8.39. The van der Waals surface area contributed by atoms with E-state index in [4.69, 9.17) is 0 Å². The summed E-state index contributed by atoms with van der Waals surface area (Å²) < 4.78 is 1.33. The van der Waals surface area contributed by atoms with E-state index in [9.17, 15) is 0 Å². The van der Waals surface area contributed by atoms with E-state index in [0.29, 0.717) is 0 Å². The fraction of sp³-hybridized carbons (Fsp3) is 0.300. The largest absolute Gasteiger partial charge is 0.242 e. The van der Waals surface area contributed by atoms with Gasteiger partial charge in [-0.3, -0.25) is 0 Å². The first-order valence-corrected chi connectivity index (χ1v) is 4.98. The van der Waals surface area contributed by atoms with Crippen molar-refractivity contribution in [2.75, 3.05) is 0 Å². The maximum atomic E-state index is 4.43. The first kappa shape index (κ1) is 7.74. The predicted molar refractivity (Wildman–Crippen MR) is 53.4 cm³/mol. The number of hydrogen-bond donors (Lipinski definition) is 0. The molecule has 0 bridgehead atoms. The Morgan fingerprint density at radius 2 is 2.33 bits per heavy atom. The van der Waals surface area contributed by atoms with Gasteiger partial charge in [-0.1, -0.05) is 18.2 Å². The molecule has 2 heteroatoms. The van der Waals surface area contributed by atoms with Crippen molar-refractivity contribution in [3.05, 3.63) is 27.0 Å². The highest BCUT2D eigenvalue weighted by atomic mass is 32.1. The number of allylic oxidation sites excluding steroid dienone is 2. The third kappa shape index (κ3) is 1.48. The summed E-state index contributed by atoms with van der Waals surface area (Å²) >= 11 is 1.78. The van der Waals surface area contributed by atoms with Gasteiger partial charge >= 0.3 is 0 Å². The number of hydrogen-bond acceptors (Lipinski definition) is 2. The molecule has 1 nitrogen and oxygen atoms in total. The van der Waals surface area contributed by atoms with Crippen LogP contribution in [0.3, 0.4) is 0 Å². The molecule has 1 heterocycles. The Hall–Kier alpha value is -0.890. The van der Waals surface area contributed by atoms with Crippen molar-refractivity contribution in [1.29, 1.82) is 0 Å². The van der Waals surface area contributed by atoms with Gasteiger partial charge in [0, 0.05) is 0 Å². The molecule has 0 saturated heterocycles. The van der Waals surface area contributed by atoms with E-state index in [1.807, 2.05) is 0 Å². The molecule has 12 heavy (non-hydrogen) atoms. The Morgan fingerprint density at radius 1 is 1.42 bits per heavy atom. The molecule has 1 aromatic heterocycles. The lowest BCUT2D eigenvalue weighted by Crippen LogP contribution is -2.20. The van der Waals surface area contributed by atoms with Crippen LogP contribution >= 0.6 is 11.3 Å². The molecule has 2 rings (SSSR count). The fourth-order valence-corrected chi connectivity index (χ4v) is 2.17. The van der Waals surface area contributed by atoms with Crippen LogP contribution < -0.4 is 9.88 Å². The average molecular weight is 177 g/mol. The molecule has 0 N–H and O–H groups in total. The maximum Gasteiger partial charge on any atom is 0.0907 e. The Bertz CT molecular complexity index is 412. The molecular weight excluding hydrogens is 166 g/mol. The molecule has 62 valence electrons. The minimum absolute atomic E-state index is 1.13. The van der Waals surface area contributed by atoms with Crippen molar-refractivity contribution in [3.63, 3.8) is 0 Å². The van der Waals surface area contributed by atoms with E-state index >= 15 is 0 Å². The van der Waals surface area contributed by atoms with E-state index in [-0.39, 0.29) is 0 Å². The van der Waals surface area contributed by atoms with Gasteiger partial charge in [-0.05, 0) is 25.8 Å². The number of aryl methyl sites for hydroxylation is 1. The van der Waals surface area contributed by atoms with Crippen LogP contribution in [0.15, 0.2) is 12.2 Å². The van der Waals surface area contributed by atoms with Crippen LogP contribution in [0, 0.1) is 6.92 Å². The highest BCUT2D eigenvalue weighted by Gasteiger charge is 1.94. The van der Waals surface area contributed by atoms with Crippen molar-refractivity contribution in [2.45, 2.75) is 19.8 Å². The fourth-order valence-electron chi connectivity index (χ4n) is 1.29. The first-order valence-electron chi connectivity index (χ1n) is 4.17. The summed E-state index contributed by atoms with van der Waals surface area (Å²) in [6, 6.07) is 0. The molecule has 0 unspecified atom stereocenters. The molecule has 0 amide bonds. The minimum atomic E-state index is 1.13. The van der Waals surface area contributed by atoms with Crippen LogP contribution in [0.5, 0.6) is 0 Å². The normalized spacial score (nSPS) is 15.4. The van der Waals surface area contributed by atoms with Crippen LogP contribution in [0.2, 0.25) is 0 Å². The van der Waals surface area contributed by atoms with Crippen LogP contribution in [0.4, 0.5) is 0 Å². The molecular formula is C10H11NS. The molecule has 0 aromatic carbocycles. The van der Waals surface area contributed by atoms with E-state index in [2.05, 4.69) is 36.2 Å². The molecule has 1 aromatic rings. The smallest absolute Gasteiger partial charge is 0.0907 e. The summed E-state index contributed by atoms with van der Waals surface area (Å²) in [5.74, 6) is 0. The van der Waals surface area contributed by atoms with Crippen LogP contribution in [0.1, 0.15) is 17.8 Å². The second kappa shape index (κ2) is 3.23. The SMILES string of the molecule is Cc1nc2c(s1)=CCCC=CC=2. The third-order valence-electron chi connectivity index (χ3n) is 1.84. The number of fused-ring (bicyclic) bond motifs is 1. The Kier molecular flexibility index (Phi) is 2.09. The van der Waals surface area contributed by atoms with E-state index in [1.165, 1.54) is 4.53 Å². The summed E-state index contributed by atoms with van der Waals surface area (Å²) in [6.45, 7) is 2.06. The molecule has 0 aliphatic heterocycles. The summed E-state index contributed by atoms with van der Waals surface area (Å²) in [5, 5.41) is 2.29. The van der Waals surface area contributed by atoms with Crippen molar-refractivity contribution < 1.29 is 0 Å². The van der Waals surface area contributed by atoms with Crippen LogP contribution in [-0.4, -0.2) is 4.98 Å². The molecule has 0 atom stereocenters. The average Bonchev–Trinajstić information content (AvgIpc) is 2.32. The van der Waals surface area contributed by atoms with Gasteiger partial charge in [-0.15, -0.1) is 11.3 Å². The number of rotatable bonds is 0. The van der Waals surface area contributed by atoms with Crippen LogP contribution in [-0.2, 0) is 0 Å².